The van der Waals surface area contributed by atoms with E-state index in [1.165, 1.54) is 19.2 Å². The van der Waals surface area contributed by atoms with E-state index in [1.54, 1.807) is 0 Å². The number of hydrogen-bond donors (Lipinski definition) is 1. The summed E-state index contributed by atoms with van der Waals surface area (Å²) >= 11 is 6.09. The van der Waals surface area contributed by atoms with Crippen LogP contribution >= 0.6 is 11.6 Å². The van der Waals surface area contributed by atoms with Crippen molar-refractivity contribution in [2.45, 2.75) is 19.8 Å². The number of benzene rings is 1. The molecule has 1 rings (SSSR count). The molecule has 2 N–H and O–H groups in total. The minimum Gasteiger partial charge on any atom is -0.493 e. The van der Waals surface area contributed by atoms with E-state index in [0.717, 1.165) is 12.8 Å². The molecule has 1 amide bonds. The van der Waals surface area contributed by atoms with Gasteiger partial charge in [0.2, 0.25) is 0 Å². The Bertz CT molecular complexity index is 518. The molecule has 0 radical (unpaired) electrons. The molecule has 0 fully saturated rings. The van der Waals surface area contributed by atoms with Gasteiger partial charge in [0.1, 0.15) is 0 Å². The van der Waals surface area contributed by atoms with Crippen LogP contribution in [0.2, 0.25) is 5.02 Å². The number of primary amides is 1. The Hall–Kier alpha value is -1.95. The third-order valence-electron chi connectivity index (χ3n) is 2.55. The van der Waals surface area contributed by atoms with Gasteiger partial charge in [-0.05, 0) is 18.6 Å². The van der Waals surface area contributed by atoms with Crippen molar-refractivity contribution in [2.75, 3.05) is 20.3 Å². The van der Waals surface area contributed by atoms with Gasteiger partial charge in [0.25, 0.3) is 5.91 Å². The molecular formula is C14H18ClNO5. The van der Waals surface area contributed by atoms with Crippen LogP contribution in [-0.4, -0.2) is 32.2 Å². The van der Waals surface area contributed by atoms with E-state index < -0.39 is 18.5 Å². The second-order valence-electron chi connectivity index (χ2n) is 4.23. The maximum absolute atomic E-state index is 11.8. The van der Waals surface area contributed by atoms with E-state index in [4.69, 9.17) is 31.5 Å². The third kappa shape index (κ3) is 5.15. The number of unbranched alkanes of at least 4 members (excludes halogenated alkanes) is 1. The van der Waals surface area contributed by atoms with Crippen molar-refractivity contribution in [1.29, 1.82) is 0 Å². The van der Waals surface area contributed by atoms with E-state index in [-0.39, 0.29) is 10.6 Å². The first kappa shape index (κ1) is 17.1. The summed E-state index contributed by atoms with van der Waals surface area (Å²) < 4.78 is 15.4. The van der Waals surface area contributed by atoms with Gasteiger partial charge in [-0.3, -0.25) is 4.79 Å². The number of nitrogens with two attached hydrogens (primary N) is 1. The fourth-order valence-corrected chi connectivity index (χ4v) is 1.78. The van der Waals surface area contributed by atoms with Crippen molar-refractivity contribution >= 4 is 23.5 Å². The molecule has 116 valence electrons. The maximum atomic E-state index is 11.8. The molecule has 1 aromatic carbocycles. The standard InChI is InChI=1S/C14H18ClNO5/c1-3-4-5-20-13-10(15)6-9(7-11(13)19-2)14(18)21-8-12(16)17/h6-7H,3-5,8H2,1-2H3,(H2,16,17). The smallest absolute Gasteiger partial charge is 0.338 e. The van der Waals surface area contributed by atoms with Crippen LogP contribution in [-0.2, 0) is 9.53 Å². The molecule has 1 aromatic rings. The Labute approximate surface area is 128 Å². The van der Waals surface area contributed by atoms with Crippen LogP contribution < -0.4 is 15.2 Å². The second kappa shape index (κ2) is 8.36. The van der Waals surface area contributed by atoms with Crippen molar-refractivity contribution in [3.05, 3.63) is 22.7 Å². The molecule has 0 saturated carbocycles. The Kier molecular flexibility index (Phi) is 6.81. The van der Waals surface area contributed by atoms with Crippen molar-refractivity contribution < 1.29 is 23.8 Å². The number of ether oxygens (including phenoxy) is 3. The molecule has 0 saturated heterocycles. The van der Waals surface area contributed by atoms with Gasteiger partial charge in [0, 0.05) is 0 Å². The molecule has 0 bridgehead atoms. The number of carbonyl (C=O) groups is 2. The van der Waals surface area contributed by atoms with Crippen LogP contribution in [0.4, 0.5) is 0 Å². The minimum atomic E-state index is -0.735. The van der Waals surface area contributed by atoms with E-state index in [2.05, 4.69) is 0 Å². The zero-order valence-corrected chi connectivity index (χ0v) is 12.7. The summed E-state index contributed by atoms with van der Waals surface area (Å²) in [6.45, 7) is 2.05. The molecule has 6 nitrogen and oxygen atoms in total. The number of amides is 1. The monoisotopic (exact) mass is 315 g/mol. The highest BCUT2D eigenvalue weighted by atomic mass is 35.5. The third-order valence-corrected chi connectivity index (χ3v) is 2.84. The van der Waals surface area contributed by atoms with Gasteiger partial charge in [0.15, 0.2) is 18.1 Å². The van der Waals surface area contributed by atoms with Gasteiger partial charge in [0.05, 0.1) is 24.3 Å². The van der Waals surface area contributed by atoms with Gasteiger partial charge >= 0.3 is 5.97 Å². The van der Waals surface area contributed by atoms with Crippen LogP contribution in [0.1, 0.15) is 30.1 Å². The minimum absolute atomic E-state index is 0.154. The average molecular weight is 316 g/mol. The van der Waals surface area contributed by atoms with Gasteiger partial charge < -0.3 is 19.9 Å². The summed E-state index contributed by atoms with van der Waals surface area (Å²) in [7, 11) is 1.44. The van der Waals surface area contributed by atoms with Gasteiger partial charge in [-0.1, -0.05) is 24.9 Å². The first-order valence-electron chi connectivity index (χ1n) is 6.45. The number of rotatable bonds is 8. The summed E-state index contributed by atoms with van der Waals surface area (Å²) in [5.41, 5.74) is 5.06. The Morgan fingerprint density at radius 2 is 2.05 bits per heavy atom. The number of methoxy groups -OCH3 is 1. The maximum Gasteiger partial charge on any atom is 0.338 e. The van der Waals surface area contributed by atoms with Gasteiger partial charge in [-0.2, -0.15) is 0 Å². The number of esters is 1. The van der Waals surface area contributed by atoms with Crippen molar-refractivity contribution in [2.24, 2.45) is 5.73 Å². The fraction of sp³-hybridized carbons (Fsp3) is 0.429. The Morgan fingerprint density at radius 1 is 1.33 bits per heavy atom. The lowest BCUT2D eigenvalue weighted by Gasteiger charge is -2.13. The van der Waals surface area contributed by atoms with E-state index in [9.17, 15) is 9.59 Å². The molecular weight excluding hydrogens is 298 g/mol. The lowest BCUT2D eigenvalue weighted by molar-refractivity contribution is -0.121. The van der Waals surface area contributed by atoms with E-state index in [0.29, 0.717) is 18.1 Å². The molecule has 0 aliphatic heterocycles. The lowest BCUT2D eigenvalue weighted by atomic mass is 10.2. The first-order valence-corrected chi connectivity index (χ1v) is 6.83. The summed E-state index contributed by atoms with van der Waals surface area (Å²) in [5, 5.41) is 0.233. The Balaban J connectivity index is 2.91. The highest BCUT2D eigenvalue weighted by molar-refractivity contribution is 6.32. The molecule has 0 heterocycles. The molecule has 0 unspecified atom stereocenters. The zero-order valence-electron chi connectivity index (χ0n) is 12.0. The average Bonchev–Trinajstić information content (AvgIpc) is 2.45. The van der Waals surface area contributed by atoms with Crippen LogP contribution in [0.5, 0.6) is 11.5 Å². The molecule has 21 heavy (non-hydrogen) atoms. The predicted octanol–water partition coefficient (Wildman–Crippen LogP) is 2.17. The van der Waals surface area contributed by atoms with Crippen molar-refractivity contribution in [3.63, 3.8) is 0 Å². The predicted molar refractivity (Wildman–Crippen MR) is 77.9 cm³/mol. The first-order chi connectivity index (χ1) is 9.99. The van der Waals surface area contributed by atoms with Crippen LogP contribution in [0.3, 0.4) is 0 Å². The summed E-state index contributed by atoms with van der Waals surface area (Å²) in [4.78, 5) is 22.4. The molecule has 0 atom stereocenters. The quantitative estimate of drug-likeness (QED) is 0.586. The summed E-state index contributed by atoms with van der Waals surface area (Å²) in [6, 6.07) is 2.84. The lowest BCUT2D eigenvalue weighted by Crippen LogP contribution is -2.21. The van der Waals surface area contributed by atoms with Crippen LogP contribution in [0.15, 0.2) is 12.1 Å². The molecule has 0 aliphatic carbocycles. The largest absolute Gasteiger partial charge is 0.493 e. The Morgan fingerprint density at radius 3 is 2.62 bits per heavy atom. The zero-order chi connectivity index (χ0) is 15.8. The number of carbonyl (C=O) groups excluding carboxylic acids is 2. The van der Waals surface area contributed by atoms with E-state index >= 15 is 0 Å². The number of halogens is 1. The molecule has 7 heteroatoms. The SMILES string of the molecule is CCCCOc1c(Cl)cc(C(=O)OCC(N)=O)cc1OC. The number of hydrogen-bond acceptors (Lipinski definition) is 5. The topological polar surface area (TPSA) is 87.9 Å². The van der Waals surface area contributed by atoms with Gasteiger partial charge in [-0.25, -0.2) is 4.79 Å². The fourth-order valence-electron chi connectivity index (χ4n) is 1.52. The highest BCUT2D eigenvalue weighted by Gasteiger charge is 2.17. The second-order valence-corrected chi connectivity index (χ2v) is 4.64. The van der Waals surface area contributed by atoms with E-state index in [1.807, 2.05) is 6.92 Å². The highest BCUT2D eigenvalue weighted by Crippen LogP contribution is 2.36. The molecule has 0 spiro atoms. The normalized spacial score (nSPS) is 10.0. The van der Waals surface area contributed by atoms with Gasteiger partial charge in [-0.15, -0.1) is 0 Å². The summed E-state index contributed by atoms with van der Waals surface area (Å²) in [5.74, 6) is -0.751. The summed E-state index contributed by atoms with van der Waals surface area (Å²) in [6.07, 6.45) is 1.86. The molecule has 0 aromatic heterocycles. The van der Waals surface area contributed by atoms with Crippen LogP contribution in [0.25, 0.3) is 0 Å². The van der Waals surface area contributed by atoms with Crippen LogP contribution in [0, 0.1) is 0 Å². The molecule has 0 aliphatic rings. The van der Waals surface area contributed by atoms with Crippen molar-refractivity contribution in [1.82, 2.24) is 0 Å². The van der Waals surface area contributed by atoms with Crippen molar-refractivity contribution in [3.8, 4) is 11.5 Å².